The highest BCUT2D eigenvalue weighted by Gasteiger charge is 2.31. The molecule has 2 amide bonds. The molecular formula is C12H22N2O2. The van der Waals surface area contributed by atoms with Gasteiger partial charge in [-0.05, 0) is 12.8 Å². The van der Waals surface area contributed by atoms with E-state index in [0.717, 1.165) is 19.4 Å². The second-order valence-electron chi connectivity index (χ2n) is 5.01. The molecule has 0 spiro atoms. The maximum Gasteiger partial charge on any atom is 0.226 e. The van der Waals surface area contributed by atoms with Gasteiger partial charge < -0.3 is 10.2 Å². The van der Waals surface area contributed by atoms with Gasteiger partial charge in [0.05, 0.1) is 0 Å². The molecule has 1 rings (SSSR count). The number of amides is 2. The van der Waals surface area contributed by atoms with Crippen molar-refractivity contribution >= 4 is 11.8 Å². The summed E-state index contributed by atoms with van der Waals surface area (Å²) in [7, 11) is 0. The predicted octanol–water partition coefficient (Wildman–Crippen LogP) is 1.36. The van der Waals surface area contributed by atoms with E-state index in [-0.39, 0.29) is 29.8 Å². The summed E-state index contributed by atoms with van der Waals surface area (Å²) >= 11 is 0. The highest BCUT2D eigenvalue weighted by molar-refractivity contribution is 5.81. The Morgan fingerprint density at radius 1 is 1.19 bits per heavy atom. The zero-order valence-electron chi connectivity index (χ0n) is 10.6. The third-order valence-electron chi connectivity index (χ3n) is 2.86. The number of hydrogen-bond acceptors (Lipinski definition) is 2. The average molecular weight is 226 g/mol. The molecule has 1 saturated heterocycles. The molecule has 0 aromatic heterocycles. The summed E-state index contributed by atoms with van der Waals surface area (Å²) in [6.45, 7) is 8.27. The number of nitrogens with zero attached hydrogens (tertiary/aromatic N) is 1. The van der Waals surface area contributed by atoms with Gasteiger partial charge in [-0.15, -0.1) is 0 Å². The summed E-state index contributed by atoms with van der Waals surface area (Å²) in [5.74, 6) is 0.119. The monoisotopic (exact) mass is 226 g/mol. The van der Waals surface area contributed by atoms with Gasteiger partial charge in [0.1, 0.15) is 6.17 Å². The lowest BCUT2D eigenvalue weighted by Gasteiger charge is -2.27. The second-order valence-corrected chi connectivity index (χ2v) is 5.01. The third kappa shape index (κ3) is 2.97. The van der Waals surface area contributed by atoms with Gasteiger partial charge in [0, 0.05) is 18.4 Å². The van der Waals surface area contributed by atoms with Crippen molar-refractivity contribution in [2.45, 2.75) is 46.7 Å². The van der Waals surface area contributed by atoms with E-state index in [4.69, 9.17) is 0 Å². The molecule has 0 aliphatic carbocycles. The highest BCUT2D eigenvalue weighted by Crippen LogP contribution is 2.18. The fourth-order valence-corrected chi connectivity index (χ4v) is 1.84. The van der Waals surface area contributed by atoms with Gasteiger partial charge in [-0.3, -0.25) is 9.59 Å². The topological polar surface area (TPSA) is 49.4 Å². The van der Waals surface area contributed by atoms with Crippen molar-refractivity contribution in [1.82, 2.24) is 10.2 Å². The third-order valence-corrected chi connectivity index (χ3v) is 2.86. The van der Waals surface area contributed by atoms with Gasteiger partial charge in [-0.25, -0.2) is 0 Å². The first-order valence-electron chi connectivity index (χ1n) is 6.04. The Kier molecular flexibility index (Phi) is 4.33. The van der Waals surface area contributed by atoms with E-state index in [1.807, 2.05) is 27.7 Å². The van der Waals surface area contributed by atoms with Crippen LogP contribution < -0.4 is 5.32 Å². The fourth-order valence-electron chi connectivity index (χ4n) is 1.84. The quantitative estimate of drug-likeness (QED) is 0.790. The Labute approximate surface area is 97.4 Å². The van der Waals surface area contributed by atoms with Gasteiger partial charge in [-0.2, -0.15) is 0 Å². The van der Waals surface area contributed by atoms with Crippen molar-refractivity contribution in [3.63, 3.8) is 0 Å². The minimum Gasteiger partial charge on any atom is -0.336 e. The average Bonchev–Trinajstić information content (AvgIpc) is 2.64. The highest BCUT2D eigenvalue weighted by atomic mass is 16.2. The Hall–Kier alpha value is -1.06. The molecule has 1 atom stereocenters. The van der Waals surface area contributed by atoms with Crippen LogP contribution in [0.1, 0.15) is 40.5 Å². The Morgan fingerprint density at radius 2 is 1.81 bits per heavy atom. The van der Waals surface area contributed by atoms with Crippen LogP contribution in [0.25, 0.3) is 0 Å². The molecule has 92 valence electrons. The van der Waals surface area contributed by atoms with Crippen molar-refractivity contribution in [3.05, 3.63) is 0 Å². The zero-order chi connectivity index (χ0) is 12.3. The van der Waals surface area contributed by atoms with Crippen molar-refractivity contribution < 1.29 is 9.59 Å². The Morgan fingerprint density at radius 3 is 2.31 bits per heavy atom. The number of carbonyl (C=O) groups is 2. The number of likely N-dealkylation sites (tertiary alicyclic amines) is 1. The van der Waals surface area contributed by atoms with Gasteiger partial charge in [0.15, 0.2) is 0 Å². The number of hydrogen-bond donors (Lipinski definition) is 1. The van der Waals surface area contributed by atoms with Crippen LogP contribution in [0.5, 0.6) is 0 Å². The molecule has 0 aromatic rings. The molecule has 4 heteroatoms. The number of carbonyl (C=O) groups excluding carboxylic acids is 2. The van der Waals surface area contributed by atoms with Crippen LogP contribution >= 0.6 is 0 Å². The van der Waals surface area contributed by atoms with Gasteiger partial charge in [0.2, 0.25) is 11.8 Å². The van der Waals surface area contributed by atoms with Gasteiger partial charge >= 0.3 is 0 Å². The first-order chi connectivity index (χ1) is 7.43. The molecule has 1 aliphatic heterocycles. The van der Waals surface area contributed by atoms with Crippen LogP contribution in [0, 0.1) is 11.8 Å². The van der Waals surface area contributed by atoms with Crippen LogP contribution in [0.4, 0.5) is 0 Å². The first kappa shape index (κ1) is 13.0. The van der Waals surface area contributed by atoms with E-state index < -0.39 is 0 Å². The molecule has 1 N–H and O–H groups in total. The van der Waals surface area contributed by atoms with E-state index in [1.165, 1.54) is 0 Å². The number of rotatable bonds is 3. The van der Waals surface area contributed by atoms with Crippen LogP contribution in [0.2, 0.25) is 0 Å². The predicted molar refractivity (Wildman–Crippen MR) is 62.6 cm³/mol. The van der Waals surface area contributed by atoms with Crippen LogP contribution in [-0.4, -0.2) is 29.4 Å². The first-order valence-corrected chi connectivity index (χ1v) is 6.04. The molecule has 1 unspecified atom stereocenters. The minimum absolute atomic E-state index is 0.00319. The molecule has 0 bridgehead atoms. The van der Waals surface area contributed by atoms with E-state index in [9.17, 15) is 9.59 Å². The summed E-state index contributed by atoms with van der Waals surface area (Å²) in [4.78, 5) is 25.3. The maximum atomic E-state index is 11.9. The van der Waals surface area contributed by atoms with Crippen LogP contribution in [-0.2, 0) is 9.59 Å². The number of nitrogens with one attached hydrogen (secondary N) is 1. The summed E-state index contributed by atoms with van der Waals surface area (Å²) in [6, 6.07) is 0. The Balaban J connectivity index is 2.59. The SMILES string of the molecule is CC(C)C(=O)NC1CCCN1C(=O)C(C)C. The van der Waals surface area contributed by atoms with Gasteiger partial charge in [0.25, 0.3) is 0 Å². The fraction of sp³-hybridized carbons (Fsp3) is 0.833. The molecule has 1 fully saturated rings. The van der Waals surface area contributed by atoms with Crippen molar-refractivity contribution in [2.24, 2.45) is 11.8 Å². The van der Waals surface area contributed by atoms with Crippen molar-refractivity contribution in [1.29, 1.82) is 0 Å². The van der Waals surface area contributed by atoms with Gasteiger partial charge in [-0.1, -0.05) is 27.7 Å². The lowest BCUT2D eigenvalue weighted by atomic mass is 10.2. The molecule has 0 radical (unpaired) electrons. The lowest BCUT2D eigenvalue weighted by molar-refractivity contribution is -0.137. The summed E-state index contributed by atoms with van der Waals surface area (Å²) in [6.07, 6.45) is 1.75. The molecular weight excluding hydrogens is 204 g/mol. The summed E-state index contributed by atoms with van der Waals surface area (Å²) in [5, 5.41) is 2.93. The largest absolute Gasteiger partial charge is 0.336 e. The van der Waals surface area contributed by atoms with E-state index >= 15 is 0 Å². The zero-order valence-corrected chi connectivity index (χ0v) is 10.6. The molecule has 4 nitrogen and oxygen atoms in total. The van der Waals surface area contributed by atoms with Crippen molar-refractivity contribution in [3.8, 4) is 0 Å². The molecule has 1 heterocycles. The Bertz CT molecular complexity index is 274. The minimum atomic E-state index is -0.0928. The normalized spacial score (nSPS) is 20.6. The molecule has 0 saturated carbocycles. The van der Waals surface area contributed by atoms with Crippen LogP contribution in [0.15, 0.2) is 0 Å². The second kappa shape index (κ2) is 5.32. The van der Waals surface area contributed by atoms with E-state index in [1.54, 1.807) is 4.90 Å². The molecule has 16 heavy (non-hydrogen) atoms. The standard InChI is InChI=1S/C12H22N2O2/c1-8(2)11(15)13-10-6-5-7-14(10)12(16)9(3)4/h8-10H,5-7H2,1-4H3,(H,13,15). The van der Waals surface area contributed by atoms with Crippen LogP contribution in [0.3, 0.4) is 0 Å². The molecule has 1 aliphatic rings. The summed E-state index contributed by atoms with van der Waals surface area (Å²) < 4.78 is 0. The van der Waals surface area contributed by atoms with E-state index in [2.05, 4.69) is 5.32 Å². The summed E-state index contributed by atoms with van der Waals surface area (Å²) in [5.41, 5.74) is 0. The molecule has 0 aromatic carbocycles. The maximum absolute atomic E-state index is 11.9. The smallest absolute Gasteiger partial charge is 0.226 e. The van der Waals surface area contributed by atoms with Crippen molar-refractivity contribution in [2.75, 3.05) is 6.54 Å². The van der Waals surface area contributed by atoms with E-state index in [0.29, 0.717) is 0 Å². The lowest BCUT2D eigenvalue weighted by Crippen LogP contribution is -2.49.